The van der Waals surface area contributed by atoms with E-state index in [4.69, 9.17) is 4.42 Å². The second-order valence-electron chi connectivity index (χ2n) is 3.50. The van der Waals surface area contributed by atoms with Crippen LogP contribution >= 0.6 is 22.6 Å². The van der Waals surface area contributed by atoms with Crippen LogP contribution in [-0.4, -0.2) is 0 Å². The lowest BCUT2D eigenvalue weighted by Gasteiger charge is -2.09. The average Bonchev–Trinajstić information content (AvgIpc) is 2.80. The quantitative estimate of drug-likeness (QED) is 0.369. The van der Waals surface area contributed by atoms with Gasteiger partial charge in [-0.1, -0.05) is 0 Å². The first-order valence-corrected chi connectivity index (χ1v) is 5.99. The van der Waals surface area contributed by atoms with E-state index in [0.29, 0.717) is 9.53 Å². The third kappa shape index (κ3) is 2.67. The Morgan fingerprint density at radius 2 is 1.42 bits per heavy atom. The Hall–Kier alpha value is -1.32. The third-order valence-corrected chi connectivity index (χ3v) is 2.86. The molecule has 2 rings (SSSR count). The molecule has 2 nitrogen and oxygen atoms in total. The van der Waals surface area contributed by atoms with Gasteiger partial charge in [0.25, 0.3) is 0 Å². The first-order chi connectivity index (χ1) is 8.91. The minimum atomic E-state index is -2.19. The predicted molar refractivity (Wildman–Crippen MR) is 65.0 cm³/mol. The molecule has 0 spiro atoms. The van der Waals surface area contributed by atoms with Crippen LogP contribution < -0.4 is 5.32 Å². The van der Waals surface area contributed by atoms with Gasteiger partial charge in [0.15, 0.2) is 27.0 Å². The van der Waals surface area contributed by atoms with Crippen LogP contribution in [0.25, 0.3) is 0 Å². The summed E-state index contributed by atoms with van der Waals surface area (Å²) in [6.45, 7) is -0.207. The van der Waals surface area contributed by atoms with Crippen LogP contribution in [0.15, 0.2) is 16.5 Å². The molecule has 1 N–H and O–H groups in total. The zero-order valence-corrected chi connectivity index (χ0v) is 11.2. The summed E-state index contributed by atoms with van der Waals surface area (Å²) in [5.74, 6) is -9.68. The molecule has 19 heavy (non-hydrogen) atoms. The van der Waals surface area contributed by atoms with Gasteiger partial charge in [-0.3, -0.25) is 0 Å². The molecular formula is C11H5F5INO. The van der Waals surface area contributed by atoms with Crippen molar-refractivity contribution < 1.29 is 26.4 Å². The van der Waals surface area contributed by atoms with Gasteiger partial charge in [0.05, 0.1) is 6.54 Å². The Morgan fingerprint density at radius 1 is 0.895 bits per heavy atom. The van der Waals surface area contributed by atoms with Crippen LogP contribution in [0.3, 0.4) is 0 Å². The van der Waals surface area contributed by atoms with E-state index in [1.807, 2.05) is 22.6 Å². The van der Waals surface area contributed by atoms with Gasteiger partial charge in [0.2, 0.25) is 5.82 Å². The lowest BCUT2D eigenvalue weighted by Crippen LogP contribution is -2.09. The van der Waals surface area contributed by atoms with Crippen molar-refractivity contribution in [3.05, 3.63) is 50.7 Å². The van der Waals surface area contributed by atoms with Crippen molar-refractivity contribution >= 4 is 28.3 Å². The number of nitrogens with one attached hydrogen (secondary N) is 1. The topological polar surface area (TPSA) is 25.2 Å². The Kier molecular flexibility index (Phi) is 3.97. The molecule has 0 bridgehead atoms. The molecular weight excluding hydrogens is 384 g/mol. The molecule has 0 aliphatic heterocycles. The van der Waals surface area contributed by atoms with Crippen LogP contribution in [0.2, 0.25) is 0 Å². The van der Waals surface area contributed by atoms with Crippen LogP contribution in [-0.2, 0) is 6.54 Å². The highest BCUT2D eigenvalue weighted by Gasteiger charge is 2.25. The van der Waals surface area contributed by atoms with E-state index in [1.54, 1.807) is 6.07 Å². The van der Waals surface area contributed by atoms with E-state index in [0.717, 1.165) is 0 Å². The number of benzene rings is 1. The molecule has 0 amide bonds. The Labute approximate surface area is 117 Å². The summed E-state index contributed by atoms with van der Waals surface area (Å²) < 4.78 is 70.8. The van der Waals surface area contributed by atoms with E-state index in [9.17, 15) is 22.0 Å². The molecule has 0 aliphatic carbocycles. The van der Waals surface area contributed by atoms with E-state index in [2.05, 4.69) is 5.32 Å². The van der Waals surface area contributed by atoms with E-state index in [-0.39, 0.29) is 6.54 Å². The molecule has 1 aromatic heterocycles. The molecule has 0 aliphatic rings. The summed E-state index contributed by atoms with van der Waals surface area (Å²) in [4.78, 5) is 0. The lowest BCUT2D eigenvalue weighted by molar-refractivity contribution is 0.381. The van der Waals surface area contributed by atoms with E-state index < -0.39 is 34.8 Å². The second-order valence-corrected chi connectivity index (χ2v) is 4.57. The Morgan fingerprint density at radius 3 is 1.89 bits per heavy atom. The van der Waals surface area contributed by atoms with Crippen LogP contribution in [0.5, 0.6) is 0 Å². The van der Waals surface area contributed by atoms with Crippen molar-refractivity contribution in [2.75, 3.05) is 5.32 Å². The minimum Gasteiger partial charge on any atom is -0.454 e. The summed E-state index contributed by atoms with van der Waals surface area (Å²) in [5, 5.41) is 2.13. The molecule has 102 valence electrons. The fraction of sp³-hybridized carbons (Fsp3) is 0.0909. The molecule has 2 aromatic rings. The molecule has 0 fully saturated rings. The first kappa shape index (κ1) is 14.1. The molecule has 0 saturated heterocycles. The molecule has 0 saturated carbocycles. The molecule has 0 unspecified atom stereocenters. The maximum Gasteiger partial charge on any atom is 0.200 e. The van der Waals surface area contributed by atoms with E-state index in [1.165, 1.54) is 6.07 Å². The number of anilines is 1. The largest absolute Gasteiger partial charge is 0.454 e. The summed E-state index contributed by atoms with van der Waals surface area (Å²) in [6, 6.07) is 3.11. The Balaban J connectivity index is 2.30. The number of halogens is 6. The summed E-state index contributed by atoms with van der Waals surface area (Å²) in [6.07, 6.45) is 0. The lowest BCUT2D eigenvalue weighted by atomic mass is 10.2. The van der Waals surface area contributed by atoms with Crippen molar-refractivity contribution in [1.82, 2.24) is 0 Å². The smallest absolute Gasteiger partial charge is 0.200 e. The van der Waals surface area contributed by atoms with Gasteiger partial charge in [-0.2, -0.15) is 0 Å². The average molecular weight is 389 g/mol. The van der Waals surface area contributed by atoms with Crippen molar-refractivity contribution in [2.45, 2.75) is 6.54 Å². The van der Waals surface area contributed by atoms with Crippen LogP contribution in [0, 0.1) is 32.9 Å². The van der Waals surface area contributed by atoms with Crippen molar-refractivity contribution in [1.29, 1.82) is 0 Å². The highest BCUT2D eigenvalue weighted by molar-refractivity contribution is 14.1. The van der Waals surface area contributed by atoms with Crippen LogP contribution in [0.1, 0.15) is 5.76 Å². The number of furan rings is 1. The summed E-state index contributed by atoms with van der Waals surface area (Å²) >= 11 is 1.87. The standard InChI is InChI=1S/C11H5F5INO/c12-6-7(13)9(15)11(10(16)8(6)14)18-3-4-1-2-5(17)19-4/h1-2,18H,3H2. The highest BCUT2D eigenvalue weighted by atomic mass is 127. The Bertz CT molecular complexity index is 599. The zero-order chi connectivity index (χ0) is 14.2. The molecule has 1 aromatic carbocycles. The van der Waals surface area contributed by atoms with Gasteiger partial charge in [-0.05, 0) is 34.7 Å². The van der Waals surface area contributed by atoms with Crippen molar-refractivity contribution in [3.8, 4) is 0 Å². The fourth-order valence-electron chi connectivity index (χ4n) is 1.38. The molecule has 8 heteroatoms. The molecule has 1 heterocycles. The van der Waals surface area contributed by atoms with Gasteiger partial charge in [0, 0.05) is 0 Å². The predicted octanol–water partition coefficient (Wildman–Crippen LogP) is 4.19. The first-order valence-electron chi connectivity index (χ1n) is 4.91. The summed E-state index contributed by atoms with van der Waals surface area (Å²) in [5.41, 5.74) is -1.08. The van der Waals surface area contributed by atoms with Gasteiger partial charge in [-0.25, -0.2) is 22.0 Å². The van der Waals surface area contributed by atoms with Gasteiger partial charge < -0.3 is 9.73 Å². The summed E-state index contributed by atoms with van der Waals surface area (Å²) in [7, 11) is 0. The molecule has 0 atom stereocenters. The second kappa shape index (κ2) is 5.35. The third-order valence-electron chi connectivity index (χ3n) is 2.28. The van der Waals surface area contributed by atoms with Crippen molar-refractivity contribution in [3.63, 3.8) is 0 Å². The van der Waals surface area contributed by atoms with Crippen molar-refractivity contribution in [2.24, 2.45) is 0 Å². The van der Waals surface area contributed by atoms with Crippen LogP contribution in [0.4, 0.5) is 27.6 Å². The van der Waals surface area contributed by atoms with Gasteiger partial charge >= 0.3 is 0 Å². The van der Waals surface area contributed by atoms with E-state index >= 15 is 0 Å². The fourth-order valence-corrected chi connectivity index (χ4v) is 1.84. The zero-order valence-electron chi connectivity index (χ0n) is 9.04. The minimum absolute atomic E-state index is 0.207. The molecule has 0 radical (unpaired) electrons. The maximum absolute atomic E-state index is 13.3. The normalized spacial score (nSPS) is 10.8. The number of rotatable bonds is 3. The van der Waals surface area contributed by atoms with Gasteiger partial charge in [0.1, 0.15) is 11.4 Å². The highest BCUT2D eigenvalue weighted by Crippen LogP contribution is 2.27. The number of hydrogen-bond donors (Lipinski definition) is 1. The number of hydrogen-bond acceptors (Lipinski definition) is 2. The van der Waals surface area contributed by atoms with Gasteiger partial charge in [-0.15, -0.1) is 0 Å². The SMILES string of the molecule is Fc1c(F)c(F)c(NCc2ccc(I)o2)c(F)c1F. The monoisotopic (exact) mass is 389 g/mol. The maximum atomic E-state index is 13.3.